The van der Waals surface area contributed by atoms with Gasteiger partial charge in [-0.05, 0) is 30.9 Å². The largest absolute Gasteiger partial charge is 0.497 e. The van der Waals surface area contributed by atoms with Crippen molar-refractivity contribution in [2.75, 3.05) is 33.2 Å². The van der Waals surface area contributed by atoms with E-state index >= 15 is 0 Å². The summed E-state index contributed by atoms with van der Waals surface area (Å²) in [5.74, 6) is 0.124. The Balaban J connectivity index is 2.69. The number of ether oxygens (including phenoxy) is 3. The SMILES string of the molecule is CCOCCOC(=O)/C(C#N)=C(/NCc1ccc(OC)cc1)SC. The molecule has 0 radical (unpaired) electrons. The van der Waals surface area contributed by atoms with Crippen molar-refractivity contribution in [1.29, 1.82) is 5.26 Å². The van der Waals surface area contributed by atoms with Gasteiger partial charge < -0.3 is 19.5 Å². The summed E-state index contributed by atoms with van der Waals surface area (Å²) in [7, 11) is 1.61. The van der Waals surface area contributed by atoms with Crippen LogP contribution >= 0.6 is 11.8 Å². The van der Waals surface area contributed by atoms with Gasteiger partial charge in [-0.25, -0.2) is 4.79 Å². The Morgan fingerprint density at radius 3 is 2.54 bits per heavy atom. The number of hydrogen-bond donors (Lipinski definition) is 1. The summed E-state index contributed by atoms with van der Waals surface area (Å²) in [6.07, 6.45) is 1.79. The number of methoxy groups -OCH3 is 1. The Labute approximate surface area is 146 Å². The third kappa shape index (κ3) is 6.52. The molecule has 0 heterocycles. The van der Waals surface area contributed by atoms with Gasteiger partial charge in [0.05, 0.1) is 18.7 Å². The van der Waals surface area contributed by atoms with E-state index in [1.807, 2.05) is 37.3 Å². The number of carbonyl (C=O) groups excluding carboxylic acids is 1. The standard InChI is InChI=1S/C17H22N2O4S/c1-4-22-9-10-23-17(20)15(11-18)16(24-3)19-12-13-5-7-14(21-2)8-6-13/h5-8,19H,4,9-10,12H2,1-3H3/b16-15-. The Kier molecular flexibility index (Phi) is 9.42. The van der Waals surface area contributed by atoms with Gasteiger partial charge in [0, 0.05) is 13.2 Å². The molecule has 1 rings (SSSR count). The number of esters is 1. The van der Waals surface area contributed by atoms with Crippen molar-refractivity contribution in [1.82, 2.24) is 5.32 Å². The van der Waals surface area contributed by atoms with Gasteiger partial charge in [-0.2, -0.15) is 5.26 Å². The number of carbonyl (C=O) groups is 1. The maximum atomic E-state index is 12.0. The number of benzene rings is 1. The molecule has 0 atom stereocenters. The summed E-state index contributed by atoms with van der Waals surface area (Å²) in [5, 5.41) is 12.8. The highest BCUT2D eigenvalue weighted by Gasteiger charge is 2.16. The fraction of sp³-hybridized carbons (Fsp3) is 0.412. The minimum absolute atomic E-state index is 0.0347. The molecule has 130 valence electrons. The molecule has 0 bridgehead atoms. The van der Waals surface area contributed by atoms with Gasteiger partial charge in [0.2, 0.25) is 0 Å². The lowest BCUT2D eigenvalue weighted by Crippen LogP contribution is -2.18. The van der Waals surface area contributed by atoms with Crippen LogP contribution < -0.4 is 10.1 Å². The quantitative estimate of drug-likeness (QED) is 0.300. The molecule has 0 fully saturated rings. The molecule has 0 saturated carbocycles. The zero-order chi connectivity index (χ0) is 17.8. The number of nitriles is 1. The van der Waals surface area contributed by atoms with E-state index in [9.17, 15) is 10.1 Å². The molecular weight excluding hydrogens is 328 g/mol. The Morgan fingerprint density at radius 2 is 2.00 bits per heavy atom. The molecule has 0 spiro atoms. The fourth-order valence-corrected chi connectivity index (χ4v) is 2.34. The van der Waals surface area contributed by atoms with Crippen LogP contribution in [-0.2, 0) is 20.8 Å². The van der Waals surface area contributed by atoms with Crippen LogP contribution in [0.1, 0.15) is 12.5 Å². The first-order valence-corrected chi connectivity index (χ1v) is 8.68. The molecule has 1 aromatic carbocycles. The second-order valence-electron chi connectivity index (χ2n) is 4.55. The van der Waals surface area contributed by atoms with E-state index in [0.29, 0.717) is 24.8 Å². The van der Waals surface area contributed by atoms with Crippen molar-refractivity contribution in [3.8, 4) is 11.8 Å². The fourth-order valence-electron chi connectivity index (χ4n) is 1.79. The Hall–Kier alpha value is -2.17. The van der Waals surface area contributed by atoms with Gasteiger partial charge >= 0.3 is 5.97 Å². The van der Waals surface area contributed by atoms with Gasteiger partial charge in [-0.15, -0.1) is 11.8 Å². The average molecular weight is 350 g/mol. The highest BCUT2D eigenvalue weighted by Crippen LogP contribution is 2.17. The van der Waals surface area contributed by atoms with Crippen LogP contribution in [0.15, 0.2) is 34.9 Å². The van der Waals surface area contributed by atoms with Crippen LogP contribution in [0.2, 0.25) is 0 Å². The van der Waals surface area contributed by atoms with Crippen molar-refractivity contribution < 1.29 is 19.0 Å². The summed E-state index contributed by atoms with van der Waals surface area (Å²) < 4.78 is 15.3. The topological polar surface area (TPSA) is 80.6 Å². The summed E-state index contributed by atoms with van der Waals surface area (Å²) >= 11 is 1.29. The maximum absolute atomic E-state index is 12.0. The number of rotatable bonds is 10. The van der Waals surface area contributed by atoms with Crippen LogP contribution in [0.25, 0.3) is 0 Å². The number of nitrogens with zero attached hydrogens (tertiary/aromatic N) is 1. The predicted molar refractivity (Wildman–Crippen MR) is 93.4 cm³/mol. The maximum Gasteiger partial charge on any atom is 0.351 e. The van der Waals surface area contributed by atoms with E-state index in [4.69, 9.17) is 14.2 Å². The van der Waals surface area contributed by atoms with Crippen LogP contribution in [0.4, 0.5) is 0 Å². The molecule has 0 amide bonds. The van der Waals surface area contributed by atoms with E-state index in [1.54, 1.807) is 13.4 Å². The number of hydrogen-bond acceptors (Lipinski definition) is 7. The molecule has 0 saturated heterocycles. The van der Waals surface area contributed by atoms with Crippen molar-refractivity contribution in [2.45, 2.75) is 13.5 Å². The molecular formula is C17H22N2O4S. The highest BCUT2D eigenvalue weighted by molar-refractivity contribution is 8.02. The molecule has 0 aliphatic rings. The predicted octanol–water partition coefficient (Wildman–Crippen LogP) is 2.46. The average Bonchev–Trinajstić information content (AvgIpc) is 2.62. The lowest BCUT2D eigenvalue weighted by atomic mass is 10.2. The zero-order valence-electron chi connectivity index (χ0n) is 14.1. The van der Waals surface area contributed by atoms with E-state index in [2.05, 4.69) is 5.32 Å². The van der Waals surface area contributed by atoms with Crippen LogP contribution in [0.3, 0.4) is 0 Å². The first-order chi connectivity index (χ1) is 11.7. The van der Waals surface area contributed by atoms with Gasteiger partial charge in [0.25, 0.3) is 0 Å². The first kappa shape index (κ1) is 19.9. The lowest BCUT2D eigenvalue weighted by molar-refractivity contribution is -0.140. The summed E-state index contributed by atoms with van der Waals surface area (Å²) in [6.45, 7) is 3.33. The monoisotopic (exact) mass is 350 g/mol. The van der Waals surface area contributed by atoms with E-state index in [0.717, 1.165) is 11.3 Å². The van der Waals surface area contributed by atoms with Gasteiger partial charge in [-0.1, -0.05) is 12.1 Å². The summed E-state index contributed by atoms with van der Waals surface area (Å²) in [6, 6.07) is 9.44. The Morgan fingerprint density at radius 1 is 1.29 bits per heavy atom. The normalized spacial score (nSPS) is 11.2. The van der Waals surface area contributed by atoms with E-state index in [-0.39, 0.29) is 12.2 Å². The van der Waals surface area contributed by atoms with Gasteiger partial charge in [0.1, 0.15) is 18.4 Å². The third-order valence-electron chi connectivity index (χ3n) is 3.02. The minimum atomic E-state index is -0.649. The van der Waals surface area contributed by atoms with E-state index in [1.165, 1.54) is 11.8 Å². The van der Waals surface area contributed by atoms with Crippen molar-refractivity contribution in [2.24, 2.45) is 0 Å². The minimum Gasteiger partial charge on any atom is -0.497 e. The van der Waals surface area contributed by atoms with Crippen molar-refractivity contribution in [3.05, 3.63) is 40.4 Å². The second kappa shape index (κ2) is 11.4. The molecule has 0 unspecified atom stereocenters. The zero-order valence-corrected chi connectivity index (χ0v) is 14.9. The number of thioether (sulfide) groups is 1. The van der Waals surface area contributed by atoms with Crippen molar-refractivity contribution >= 4 is 17.7 Å². The molecule has 1 aromatic rings. The smallest absolute Gasteiger partial charge is 0.351 e. The molecule has 0 aliphatic carbocycles. The highest BCUT2D eigenvalue weighted by atomic mass is 32.2. The van der Waals surface area contributed by atoms with Gasteiger partial charge in [-0.3, -0.25) is 0 Å². The van der Waals surface area contributed by atoms with Crippen LogP contribution in [-0.4, -0.2) is 39.2 Å². The Bertz CT molecular complexity index is 594. The molecule has 24 heavy (non-hydrogen) atoms. The van der Waals surface area contributed by atoms with E-state index < -0.39 is 5.97 Å². The van der Waals surface area contributed by atoms with Crippen molar-refractivity contribution in [3.63, 3.8) is 0 Å². The van der Waals surface area contributed by atoms with Crippen LogP contribution in [0, 0.1) is 11.3 Å². The first-order valence-electron chi connectivity index (χ1n) is 7.46. The van der Waals surface area contributed by atoms with Crippen LogP contribution in [0.5, 0.6) is 5.75 Å². The number of nitrogens with one attached hydrogen (secondary N) is 1. The second-order valence-corrected chi connectivity index (χ2v) is 5.37. The molecule has 7 heteroatoms. The summed E-state index contributed by atoms with van der Waals surface area (Å²) in [5.41, 5.74) is 0.969. The summed E-state index contributed by atoms with van der Waals surface area (Å²) in [4.78, 5) is 12.0. The molecule has 1 N–H and O–H groups in total. The molecule has 0 aliphatic heterocycles. The molecule has 6 nitrogen and oxygen atoms in total. The van der Waals surface area contributed by atoms with Gasteiger partial charge in [0.15, 0.2) is 5.57 Å². The third-order valence-corrected chi connectivity index (χ3v) is 3.78. The lowest BCUT2D eigenvalue weighted by Gasteiger charge is -2.11. The molecule has 0 aromatic heterocycles.